The highest BCUT2D eigenvalue weighted by atomic mass is 16.6. The molecule has 2 aliphatic heterocycles. The van der Waals surface area contributed by atoms with E-state index in [0.29, 0.717) is 38.9 Å². The third kappa shape index (κ3) is 2.55. The van der Waals surface area contributed by atoms with Crippen LogP contribution in [0, 0.1) is 0 Å². The van der Waals surface area contributed by atoms with E-state index in [0.717, 1.165) is 0 Å². The lowest BCUT2D eigenvalue weighted by molar-refractivity contribution is -0.138. The summed E-state index contributed by atoms with van der Waals surface area (Å²) in [5.41, 5.74) is -0.407. The van der Waals surface area contributed by atoms with Crippen LogP contribution in [0.15, 0.2) is 18.5 Å². The molecule has 22 heavy (non-hydrogen) atoms. The molecular weight excluding hydrogens is 284 g/mol. The van der Waals surface area contributed by atoms with Crippen molar-refractivity contribution in [3.8, 4) is 0 Å². The van der Waals surface area contributed by atoms with E-state index in [2.05, 4.69) is 5.10 Å². The van der Waals surface area contributed by atoms with Gasteiger partial charge in [0.25, 0.3) is 0 Å². The average Bonchev–Trinajstić information content (AvgIpc) is 3.10. The molecule has 1 aromatic rings. The molecule has 7 heteroatoms. The van der Waals surface area contributed by atoms with Crippen molar-refractivity contribution >= 4 is 12.0 Å². The number of amides is 2. The van der Waals surface area contributed by atoms with Gasteiger partial charge in [-0.25, -0.2) is 4.79 Å². The summed E-state index contributed by atoms with van der Waals surface area (Å²) in [6.07, 6.45) is 5.36. The predicted molar refractivity (Wildman–Crippen MR) is 79.2 cm³/mol. The van der Waals surface area contributed by atoms with Crippen molar-refractivity contribution in [3.05, 3.63) is 18.5 Å². The Morgan fingerprint density at radius 3 is 2.68 bits per heavy atom. The highest BCUT2D eigenvalue weighted by molar-refractivity contribution is 5.80. The fourth-order valence-electron chi connectivity index (χ4n) is 3.34. The van der Waals surface area contributed by atoms with E-state index in [-0.39, 0.29) is 18.0 Å². The maximum Gasteiger partial charge on any atom is 0.410 e. The van der Waals surface area contributed by atoms with Crippen LogP contribution in [-0.2, 0) is 9.53 Å². The molecule has 3 rings (SSSR count). The number of rotatable bonds is 3. The van der Waals surface area contributed by atoms with Crippen LogP contribution >= 0.6 is 0 Å². The standard InChI is InChI=1S/C15H22N4O3/c1-3-12(19-8-4-7-16-19)13(20)18-9-5-15(6-10-18)11-17(2)14(21)22-15/h4,7-8,12H,3,5-6,9-11H2,1-2H3. The first-order chi connectivity index (χ1) is 10.5. The zero-order valence-electron chi connectivity index (χ0n) is 13.1. The average molecular weight is 306 g/mol. The summed E-state index contributed by atoms with van der Waals surface area (Å²) in [7, 11) is 1.75. The van der Waals surface area contributed by atoms with Gasteiger partial charge in [0.1, 0.15) is 11.6 Å². The van der Waals surface area contributed by atoms with Gasteiger partial charge in [0, 0.05) is 45.4 Å². The van der Waals surface area contributed by atoms with E-state index >= 15 is 0 Å². The minimum absolute atomic E-state index is 0.0960. The zero-order valence-corrected chi connectivity index (χ0v) is 13.1. The fourth-order valence-corrected chi connectivity index (χ4v) is 3.34. The van der Waals surface area contributed by atoms with Crippen molar-refractivity contribution in [2.45, 2.75) is 37.8 Å². The van der Waals surface area contributed by atoms with Crippen molar-refractivity contribution in [3.63, 3.8) is 0 Å². The highest BCUT2D eigenvalue weighted by Gasteiger charge is 2.46. The van der Waals surface area contributed by atoms with Crippen LogP contribution in [0.1, 0.15) is 32.2 Å². The summed E-state index contributed by atoms with van der Waals surface area (Å²) in [5.74, 6) is 0.0960. The molecule has 0 aromatic carbocycles. The van der Waals surface area contributed by atoms with Crippen LogP contribution in [0.4, 0.5) is 4.79 Å². The number of likely N-dealkylation sites (tertiary alicyclic amines) is 1. The maximum absolute atomic E-state index is 12.7. The van der Waals surface area contributed by atoms with Crippen LogP contribution < -0.4 is 0 Å². The van der Waals surface area contributed by atoms with Gasteiger partial charge in [0.15, 0.2) is 0 Å². The van der Waals surface area contributed by atoms with Crippen molar-refractivity contribution in [2.75, 3.05) is 26.7 Å². The van der Waals surface area contributed by atoms with E-state index in [1.54, 1.807) is 22.8 Å². The lowest BCUT2D eigenvalue weighted by Crippen LogP contribution is -2.50. The molecule has 2 amide bonds. The van der Waals surface area contributed by atoms with Crippen molar-refractivity contribution in [1.29, 1.82) is 0 Å². The minimum Gasteiger partial charge on any atom is -0.441 e. The normalized spacial score (nSPS) is 22.0. The van der Waals surface area contributed by atoms with Gasteiger partial charge in [-0.1, -0.05) is 6.92 Å². The van der Waals surface area contributed by atoms with Gasteiger partial charge in [-0.05, 0) is 12.5 Å². The molecule has 2 aliphatic rings. The Hall–Kier alpha value is -2.05. The molecule has 120 valence electrons. The number of carbonyl (C=O) groups excluding carboxylic acids is 2. The van der Waals surface area contributed by atoms with E-state index < -0.39 is 5.60 Å². The number of hydrogen-bond donors (Lipinski definition) is 0. The molecule has 2 saturated heterocycles. The Kier molecular flexibility index (Phi) is 3.80. The maximum atomic E-state index is 12.7. The molecule has 0 aliphatic carbocycles. The first kappa shape index (κ1) is 14.9. The number of ether oxygens (including phenoxy) is 1. The largest absolute Gasteiger partial charge is 0.441 e. The number of nitrogens with zero attached hydrogens (tertiary/aromatic N) is 4. The predicted octanol–water partition coefficient (Wildman–Crippen LogP) is 1.28. The smallest absolute Gasteiger partial charge is 0.410 e. The van der Waals surface area contributed by atoms with Crippen LogP contribution in [0.3, 0.4) is 0 Å². The molecule has 1 atom stereocenters. The number of carbonyl (C=O) groups is 2. The monoisotopic (exact) mass is 306 g/mol. The second-order valence-corrected chi connectivity index (χ2v) is 6.14. The summed E-state index contributed by atoms with van der Waals surface area (Å²) >= 11 is 0. The summed E-state index contributed by atoms with van der Waals surface area (Å²) in [4.78, 5) is 27.8. The first-order valence-corrected chi connectivity index (χ1v) is 7.77. The van der Waals surface area contributed by atoms with E-state index in [1.165, 1.54) is 0 Å². The summed E-state index contributed by atoms with van der Waals surface area (Å²) < 4.78 is 7.24. The van der Waals surface area contributed by atoms with Crippen LogP contribution in [-0.4, -0.2) is 63.9 Å². The topological polar surface area (TPSA) is 67.7 Å². The second kappa shape index (κ2) is 5.62. The molecule has 1 spiro atoms. The lowest BCUT2D eigenvalue weighted by atomic mass is 9.91. The molecule has 7 nitrogen and oxygen atoms in total. The summed E-state index contributed by atoms with van der Waals surface area (Å²) in [6.45, 7) is 3.85. The summed E-state index contributed by atoms with van der Waals surface area (Å²) in [5, 5.41) is 4.19. The molecule has 1 aromatic heterocycles. The van der Waals surface area contributed by atoms with Crippen LogP contribution in [0.5, 0.6) is 0 Å². The Morgan fingerprint density at radius 1 is 1.45 bits per heavy atom. The molecule has 2 fully saturated rings. The lowest BCUT2D eigenvalue weighted by Gasteiger charge is -2.38. The van der Waals surface area contributed by atoms with Gasteiger partial charge in [-0.3, -0.25) is 9.48 Å². The number of likely N-dealkylation sites (N-methyl/N-ethyl adjacent to an activating group) is 1. The van der Waals surface area contributed by atoms with E-state index in [1.807, 2.05) is 24.1 Å². The Balaban J connectivity index is 1.64. The van der Waals surface area contributed by atoms with Gasteiger partial charge in [-0.2, -0.15) is 5.10 Å². The van der Waals surface area contributed by atoms with Crippen LogP contribution in [0.2, 0.25) is 0 Å². The molecule has 0 saturated carbocycles. The minimum atomic E-state index is -0.407. The highest BCUT2D eigenvalue weighted by Crippen LogP contribution is 2.33. The van der Waals surface area contributed by atoms with Gasteiger partial charge >= 0.3 is 6.09 Å². The van der Waals surface area contributed by atoms with Crippen molar-refractivity contribution in [1.82, 2.24) is 19.6 Å². The van der Waals surface area contributed by atoms with Gasteiger partial charge in [0.2, 0.25) is 5.91 Å². The Labute approximate surface area is 129 Å². The molecule has 3 heterocycles. The zero-order chi connectivity index (χ0) is 15.7. The molecule has 1 unspecified atom stereocenters. The van der Waals surface area contributed by atoms with Crippen molar-refractivity contribution in [2.24, 2.45) is 0 Å². The van der Waals surface area contributed by atoms with Gasteiger partial charge < -0.3 is 14.5 Å². The third-order valence-corrected chi connectivity index (χ3v) is 4.64. The first-order valence-electron chi connectivity index (χ1n) is 7.77. The molecule has 0 bridgehead atoms. The molecule has 0 radical (unpaired) electrons. The summed E-state index contributed by atoms with van der Waals surface area (Å²) in [6, 6.07) is 1.58. The SMILES string of the molecule is CCC(C(=O)N1CCC2(CC1)CN(C)C(=O)O2)n1cccn1. The number of aromatic nitrogens is 2. The quantitative estimate of drug-likeness (QED) is 0.843. The third-order valence-electron chi connectivity index (χ3n) is 4.64. The second-order valence-electron chi connectivity index (χ2n) is 6.14. The Morgan fingerprint density at radius 2 is 2.18 bits per heavy atom. The van der Waals surface area contributed by atoms with E-state index in [9.17, 15) is 9.59 Å². The van der Waals surface area contributed by atoms with E-state index in [4.69, 9.17) is 4.74 Å². The molecular formula is C15H22N4O3. The Bertz CT molecular complexity index is 549. The number of piperidine rings is 1. The van der Waals surface area contributed by atoms with Gasteiger partial charge in [0.05, 0.1) is 6.54 Å². The van der Waals surface area contributed by atoms with Crippen molar-refractivity contribution < 1.29 is 14.3 Å². The number of hydrogen-bond acceptors (Lipinski definition) is 4. The molecule has 0 N–H and O–H groups in total. The van der Waals surface area contributed by atoms with Crippen LogP contribution in [0.25, 0.3) is 0 Å². The fraction of sp³-hybridized carbons (Fsp3) is 0.667. The van der Waals surface area contributed by atoms with Gasteiger partial charge in [-0.15, -0.1) is 0 Å².